The summed E-state index contributed by atoms with van der Waals surface area (Å²) in [6, 6.07) is 7.35. The molecule has 0 unspecified atom stereocenters. The van der Waals surface area contributed by atoms with Crippen molar-refractivity contribution in [3.63, 3.8) is 0 Å². The minimum Gasteiger partial charge on any atom is -0.492 e. The first-order chi connectivity index (χ1) is 13.4. The molecule has 7 nitrogen and oxygen atoms in total. The first-order valence-corrected chi connectivity index (χ1v) is 10.4. The van der Waals surface area contributed by atoms with Crippen LogP contribution in [-0.2, 0) is 14.4 Å². The van der Waals surface area contributed by atoms with Gasteiger partial charge in [-0.3, -0.25) is 14.4 Å². The van der Waals surface area contributed by atoms with Gasteiger partial charge in [-0.2, -0.15) is 0 Å². The predicted molar refractivity (Wildman–Crippen MR) is 114 cm³/mol. The van der Waals surface area contributed by atoms with Gasteiger partial charge >= 0.3 is 0 Å². The van der Waals surface area contributed by atoms with Crippen molar-refractivity contribution in [1.82, 2.24) is 10.2 Å². The number of amides is 2. The highest BCUT2D eigenvalue weighted by Gasteiger charge is 2.05. The number of anilines is 1. The maximum Gasteiger partial charge on any atom is 0.230 e. The fraction of sp³-hybridized carbons (Fsp3) is 0.550. The van der Waals surface area contributed by atoms with Gasteiger partial charge in [0.05, 0.1) is 5.75 Å². The highest BCUT2D eigenvalue weighted by Crippen LogP contribution is 2.16. The van der Waals surface area contributed by atoms with Crippen LogP contribution in [0.15, 0.2) is 24.3 Å². The van der Waals surface area contributed by atoms with E-state index in [9.17, 15) is 14.4 Å². The van der Waals surface area contributed by atoms with Crippen molar-refractivity contribution in [3.05, 3.63) is 24.3 Å². The monoisotopic (exact) mass is 409 g/mol. The second kappa shape index (κ2) is 14.0. The lowest BCUT2D eigenvalue weighted by molar-refractivity contribution is -0.119. The predicted octanol–water partition coefficient (Wildman–Crippen LogP) is 2.52. The van der Waals surface area contributed by atoms with Crippen LogP contribution in [0.1, 0.15) is 32.6 Å². The number of ether oxygens (including phenoxy) is 1. The average Bonchev–Trinajstić information content (AvgIpc) is 2.64. The summed E-state index contributed by atoms with van der Waals surface area (Å²) in [5.74, 6) is 0.788. The number of carbonyl (C=O) groups excluding carboxylic acids is 3. The molecule has 0 heterocycles. The Balaban J connectivity index is 2.11. The zero-order valence-electron chi connectivity index (χ0n) is 17.0. The average molecular weight is 410 g/mol. The van der Waals surface area contributed by atoms with Gasteiger partial charge < -0.3 is 20.3 Å². The van der Waals surface area contributed by atoms with Crippen LogP contribution in [0.25, 0.3) is 0 Å². The van der Waals surface area contributed by atoms with Crippen LogP contribution >= 0.6 is 11.8 Å². The van der Waals surface area contributed by atoms with Crippen molar-refractivity contribution in [2.24, 2.45) is 0 Å². The molecule has 0 aliphatic carbocycles. The number of rotatable bonds is 13. The number of unbranched alkanes of at least 4 members (excludes halogenated alkanes) is 2. The maximum absolute atomic E-state index is 12.0. The van der Waals surface area contributed by atoms with Gasteiger partial charge in [0, 0.05) is 32.1 Å². The lowest BCUT2D eigenvalue weighted by Gasteiger charge is -2.11. The Morgan fingerprint density at radius 2 is 1.75 bits per heavy atom. The molecular weight excluding hydrogens is 378 g/mol. The number of hydrogen-bond acceptors (Lipinski definition) is 6. The molecule has 0 fully saturated rings. The SMILES string of the molecule is CC(=O)SCC(=O)NCCCCCC(=O)Nc1ccc(OCCN(C)C)cc1. The highest BCUT2D eigenvalue weighted by molar-refractivity contribution is 8.14. The lowest BCUT2D eigenvalue weighted by atomic mass is 10.2. The highest BCUT2D eigenvalue weighted by atomic mass is 32.2. The fourth-order valence-corrected chi connectivity index (χ4v) is 2.67. The number of thioether (sulfide) groups is 1. The van der Waals surface area contributed by atoms with E-state index in [0.717, 1.165) is 49.0 Å². The molecule has 0 aromatic heterocycles. The first kappa shape index (κ1) is 24.0. The molecule has 1 rings (SSSR count). The number of nitrogens with one attached hydrogen (secondary N) is 2. The number of likely N-dealkylation sites (N-methyl/N-ethyl adjacent to an activating group) is 1. The summed E-state index contributed by atoms with van der Waals surface area (Å²) in [5.41, 5.74) is 0.750. The standard InChI is InChI=1S/C20H31N3O4S/c1-16(24)28-15-20(26)21-12-6-4-5-7-19(25)22-17-8-10-18(11-9-17)27-14-13-23(2)3/h8-11H,4-7,12-15H2,1-3H3,(H,21,26)(H,22,25). The Hall–Kier alpha value is -2.06. The van der Waals surface area contributed by atoms with Crippen LogP contribution in [0, 0.1) is 0 Å². The molecule has 156 valence electrons. The van der Waals surface area contributed by atoms with Gasteiger partial charge in [-0.15, -0.1) is 0 Å². The van der Waals surface area contributed by atoms with Crippen molar-refractivity contribution in [2.45, 2.75) is 32.6 Å². The van der Waals surface area contributed by atoms with E-state index in [-0.39, 0.29) is 22.7 Å². The van der Waals surface area contributed by atoms with Gasteiger partial charge in [-0.1, -0.05) is 18.2 Å². The molecule has 0 aliphatic heterocycles. The van der Waals surface area contributed by atoms with Crippen LogP contribution in [0.2, 0.25) is 0 Å². The molecule has 28 heavy (non-hydrogen) atoms. The molecule has 0 saturated carbocycles. The molecule has 0 saturated heterocycles. The van der Waals surface area contributed by atoms with Crippen molar-refractivity contribution >= 4 is 34.4 Å². The van der Waals surface area contributed by atoms with E-state index in [0.29, 0.717) is 19.6 Å². The zero-order chi connectivity index (χ0) is 20.8. The van der Waals surface area contributed by atoms with E-state index in [1.54, 1.807) is 0 Å². The van der Waals surface area contributed by atoms with Gasteiger partial charge in [-0.25, -0.2) is 0 Å². The summed E-state index contributed by atoms with van der Waals surface area (Å²) in [7, 11) is 3.99. The normalized spacial score (nSPS) is 10.6. The Bertz CT molecular complexity index is 620. The maximum atomic E-state index is 12.0. The molecule has 2 N–H and O–H groups in total. The smallest absolute Gasteiger partial charge is 0.230 e. The third-order valence-electron chi connectivity index (χ3n) is 3.75. The second-order valence-corrected chi connectivity index (χ2v) is 7.82. The third kappa shape index (κ3) is 12.3. The molecule has 1 aromatic carbocycles. The summed E-state index contributed by atoms with van der Waals surface area (Å²) in [6.07, 6.45) is 2.86. The molecule has 0 aliphatic rings. The Kier molecular flexibility index (Phi) is 12.0. The quantitative estimate of drug-likeness (QED) is 0.487. The number of benzene rings is 1. The minimum atomic E-state index is -0.132. The third-order valence-corrected chi connectivity index (χ3v) is 4.57. The van der Waals surface area contributed by atoms with Crippen LogP contribution < -0.4 is 15.4 Å². The van der Waals surface area contributed by atoms with Crippen molar-refractivity contribution in [3.8, 4) is 5.75 Å². The van der Waals surface area contributed by atoms with Gasteiger partial charge in [0.25, 0.3) is 0 Å². The van der Waals surface area contributed by atoms with E-state index >= 15 is 0 Å². The van der Waals surface area contributed by atoms with Crippen molar-refractivity contribution in [1.29, 1.82) is 0 Å². The molecular formula is C20H31N3O4S. The Morgan fingerprint density at radius 1 is 1.04 bits per heavy atom. The van der Waals surface area contributed by atoms with Gasteiger partial charge in [0.1, 0.15) is 12.4 Å². The zero-order valence-corrected chi connectivity index (χ0v) is 17.8. The summed E-state index contributed by atoms with van der Waals surface area (Å²) in [4.78, 5) is 36.3. The molecule has 0 bridgehead atoms. The van der Waals surface area contributed by atoms with E-state index in [2.05, 4.69) is 15.5 Å². The van der Waals surface area contributed by atoms with Crippen LogP contribution in [0.4, 0.5) is 5.69 Å². The minimum absolute atomic E-state index is 0.0248. The first-order valence-electron chi connectivity index (χ1n) is 9.44. The van der Waals surface area contributed by atoms with Crippen molar-refractivity contribution < 1.29 is 19.1 Å². The molecule has 0 atom stereocenters. The number of nitrogens with zero attached hydrogens (tertiary/aromatic N) is 1. The summed E-state index contributed by atoms with van der Waals surface area (Å²) >= 11 is 1.00. The largest absolute Gasteiger partial charge is 0.492 e. The summed E-state index contributed by atoms with van der Waals surface area (Å²) < 4.78 is 5.62. The summed E-state index contributed by atoms with van der Waals surface area (Å²) in [6.45, 7) is 3.47. The van der Waals surface area contributed by atoms with Gasteiger partial charge in [-0.05, 0) is 51.2 Å². The van der Waals surface area contributed by atoms with Gasteiger partial charge in [0.15, 0.2) is 5.12 Å². The molecule has 2 amide bonds. The van der Waals surface area contributed by atoms with E-state index in [1.807, 2.05) is 38.4 Å². The second-order valence-electron chi connectivity index (χ2n) is 6.67. The molecule has 1 aromatic rings. The van der Waals surface area contributed by atoms with Crippen LogP contribution in [0.3, 0.4) is 0 Å². The van der Waals surface area contributed by atoms with Crippen LogP contribution in [-0.4, -0.2) is 61.4 Å². The Morgan fingerprint density at radius 3 is 2.39 bits per heavy atom. The Labute approximate surface area is 171 Å². The van der Waals surface area contributed by atoms with E-state index in [1.165, 1.54) is 6.92 Å². The fourth-order valence-electron chi connectivity index (χ4n) is 2.24. The number of carbonyl (C=O) groups is 3. The van der Waals surface area contributed by atoms with Crippen LogP contribution in [0.5, 0.6) is 5.75 Å². The topological polar surface area (TPSA) is 87.7 Å². The van der Waals surface area contributed by atoms with E-state index in [4.69, 9.17) is 4.74 Å². The van der Waals surface area contributed by atoms with Crippen molar-refractivity contribution in [2.75, 3.05) is 44.9 Å². The lowest BCUT2D eigenvalue weighted by Crippen LogP contribution is -2.26. The summed E-state index contributed by atoms with van der Waals surface area (Å²) in [5, 5.41) is 5.58. The molecule has 0 spiro atoms. The van der Waals surface area contributed by atoms with Gasteiger partial charge in [0.2, 0.25) is 11.8 Å². The molecule has 0 radical (unpaired) electrons. The van der Waals surface area contributed by atoms with E-state index < -0.39 is 0 Å². The number of hydrogen-bond donors (Lipinski definition) is 2. The molecule has 8 heteroatoms.